The predicted molar refractivity (Wildman–Crippen MR) is 149 cm³/mol. The number of sulfonamides is 1. The summed E-state index contributed by atoms with van der Waals surface area (Å²) in [6.45, 7) is 2.47. The van der Waals surface area contributed by atoms with Crippen LogP contribution in [0.25, 0.3) is 5.57 Å². The Morgan fingerprint density at radius 1 is 1.02 bits per heavy atom. The van der Waals surface area contributed by atoms with Crippen molar-refractivity contribution in [3.05, 3.63) is 90.2 Å². The van der Waals surface area contributed by atoms with Gasteiger partial charge in [-0.3, -0.25) is 0 Å². The van der Waals surface area contributed by atoms with Crippen molar-refractivity contribution in [2.24, 2.45) is 0 Å². The second kappa shape index (κ2) is 12.4. The SMILES string of the molecule is COc1ccc(C2=COc3cc(OCCCN4CCC(N(F)S(=O)(=O)c5ccccc5)CC4)ccc3C2O)cc1. The molecular formula is C30H33FN2O6S. The van der Waals surface area contributed by atoms with Crippen LogP contribution in [0.5, 0.6) is 17.2 Å². The average molecular weight is 569 g/mol. The van der Waals surface area contributed by atoms with Gasteiger partial charge in [-0.25, -0.2) is 8.42 Å². The minimum absolute atomic E-state index is 0.0344. The van der Waals surface area contributed by atoms with Crippen LogP contribution in [0.3, 0.4) is 0 Å². The molecule has 0 aliphatic carbocycles. The summed E-state index contributed by atoms with van der Waals surface area (Å²) >= 11 is 0. The molecule has 1 saturated heterocycles. The van der Waals surface area contributed by atoms with Gasteiger partial charge in [0, 0.05) is 23.7 Å². The molecule has 1 unspecified atom stereocenters. The Morgan fingerprint density at radius 3 is 2.42 bits per heavy atom. The van der Waals surface area contributed by atoms with Crippen molar-refractivity contribution < 1.29 is 32.2 Å². The minimum atomic E-state index is -4.14. The molecule has 212 valence electrons. The summed E-state index contributed by atoms with van der Waals surface area (Å²) in [5.41, 5.74) is 2.18. The van der Waals surface area contributed by atoms with Gasteiger partial charge in [0.05, 0.1) is 30.9 Å². The highest BCUT2D eigenvalue weighted by atomic mass is 32.2. The van der Waals surface area contributed by atoms with Gasteiger partial charge in [-0.05, 0) is 78.8 Å². The van der Waals surface area contributed by atoms with E-state index in [0.717, 1.165) is 24.3 Å². The zero-order valence-corrected chi connectivity index (χ0v) is 23.1. The highest BCUT2D eigenvalue weighted by Crippen LogP contribution is 2.41. The van der Waals surface area contributed by atoms with E-state index in [1.54, 1.807) is 37.6 Å². The average Bonchev–Trinajstić information content (AvgIpc) is 3.00. The van der Waals surface area contributed by atoms with Gasteiger partial charge in [-0.1, -0.05) is 30.3 Å². The number of aliphatic hydroxyl groups is 1. The maximum Gasteiger partial charge on any atom is 0.269 e. The Morgan fingerprint density at radius 2 is 1.73 bits per heavy atom. The summed E-state index contributed by atoms with van der Waals surface area (Å²) < 4.78 is 56.9. The van der Waals surface area contributed by atoms with Crippen LogP contribution in [0.4, 0.5) is 4.48 Å². The summed E-state index contributed by atoms with van der Waals surface area (Å²) in [4.78, 5) is 2.16. The number of likely N-dealkylation sites (tertiary alicyclic amines) is 1. The Kier molecular flexibility index (Phi) is 8.70. The van der Waals surface area contributed by atoms with Crippen molar-refractivity contribution >= 4 is 15.6 Å². The molecular weight excluding hydrogens is 535 g/mol. The lowest BCUT2D eigenvalue weighted by Crippen LogP contribution is -2.44. The number of nitrogens with zero attached hydrogens (tertiary/aromatic N) is 2. The number of fused-ring (bicyclic) bond motifs is 1. The van der Waals surface area contributed by atoms with E-state index >= 15 is 0 Å². The van der Waals surface area contributed by atoms with Crippen molar-refractivity contribution in [1.82, 2.24) is 9.43 Å². The number of methoxy groups -OCH3 is 1. The van der Waals surface area contributed by atoms with Gasteiger partial charge >= 0.3 is 0 Å². The fourth-order valence-corrected chi connectivity index (χ4v) is 6.32. The van der Waals surface area contributed by atoms with Gasteiger partial charge in [0.25, 0.3) is 10.0 Å². The van der Waals surface area contributed by atoms with Crippen LogP contribution in [-0.2, 0) is 10.0 Å². The second-order valence-corrected chi connectivity index (χ2v) is 11.6. The van der Waals surface area contributed by atoms with E-state index in [4.69, 9.17) is 14.2 Å². The lowest BCUT2D eigenvalue weighted by Gasteiger charge is -2.33. The first-order valence-corrected chi connectivity index (χ1v) is 14.7. The Balaban J connectivity index is 1.07. The van der Waals surface area contributed by atoms with E-state index in [0.29, 0.717) is 55.2 Å². The zero-order chi connectivity index (χ0) is 28.1. The molecule has 2 heterocycles. The molecule has 1 atom stereocenters. The van der Waals surface area contributed by atoms with Crippen molar-refractivity contribution in [3.8, 4) is 17.2 Å². The number of ether oxygens (including phenoxy) is 3. The first-order valence-electron chi connectivity index (χ1n) is 13.3. The van der Waals surface area contributed by atoms with Gasteiger partial charge in [-0.2, -0.15) is 0 Å². The molecule has 40 heavy (non-hydrogen) atoms. The summed E-state index contributed by atoms with van der Waals surface area (Å²) in [6.07, 6.45) is 2.36. The summed E-state index contributed by atoms with van der Waals surface area (Å²) in [5, 5.41) is 10.9. The molecule has 0 saturated carbocycles. The van der Waals surface area contributed by atoms with Crippen LogP contribution in [0.1, 0.15) is 36.5 Å². The van der Waals surface area contributed by atoms with E-state index < -0.39 is 22.2 Å². The Bertz CT molecular complexity index is 1420. The summed E-state index contributed by atoms with van der Waals surface area (Å²) in [6, 6.07) is 19.8. The molecule has 1 fully saturated rings. The number of hydrogen-bond donors (Lipinski definition) is 1. The van der Waals surface area contributed by atoms with Gasteiger partial charge in [-0.15, -0.1) is 4.48 Å². The monoisotopic (exact) mass is 568 g/mol. The third kappa shape index (κ3) is 6.15. The third-order valence-corrected chi connectivity index (χ3v) is 8.94. The number of benzene rings is 3. The van der Waals surface area contributed by atoms with Gasteiger partial charge < -0.3 is 24.2 Å². The molecule has 0 aromatic heterocycles. The highest BCUT2D eigenvalue weighted by Gasteiger charge is 2.34. The molecule has 2 aliphatic heterocycles. The first kappa shape index (κ1) is 28.1. The fourth-order valence-electron chi connectivity index (χ4n) is 5.01. The van der Waals surface area contributed by atoms with Gasteiger partial charge in [0.15, 0.2) is 0 Å². The molecule has 5 rings (SSSR count). The van der Waals surface area contributed by atoms with Crippen molar-refractivity contribution in [1.29, 1.82) is 0 Å². The van der Waals surface area contributed by atoms with Crippen LogP contribution in [0.15, 0.2) is 84.0 Å². The van der Waals surface area contributed by atoms with Crippen LogP contribution in [0, 0.1) is 0 Å². The minimum Gasteiger partial charge on any atom is -0.497 e. The van der Waals surface area contributed by atoms with Crippen LogP contribution in [-0.4, -0.2) is 62.3 Å². The van der Waals surface area contributed by atoms with Crippen molar-refractivity contribution in [2.45, 2.75) is 36.3 Å². The van der Waals surface area contributed by atoms with Crippen molar-refractivity contribution in [2.75, 3.05) is 33.4 Å². The maximum atomic E-state index is 14.8. The molecule has 0 radical (unpaired) electrons. The molecule has 2 aliphatic rings. The highest BCUT2D eigenvalue weighted by molar-refractivity contribution is 7.89. The van der Waals surface area contributed by atoms with Crippen LogP contribution < -0.4 is 14.2 Å². The molecule has 3 aromatic rings. The Labute approximate surface area is 234 Å². The first-order chi connectivity index (χ1) is 19.4. The lowest BCUT2D eigenvalue weighted by atomic mass is 9.94. The normalized spacial score (nSPS) is 18.1. The van der Waals surface area contributed by atoms with E-state index in [1.807, 2.05) is 36.4 Å². The second-order valence-electron chi connectivity index (χ2n) is 9.86. The smallest absolute Gasteiger partial charge is 0.269 e. The third-order valence-electron chi connectivity index (χ3n) is 7.31. The predicted octanol–water partition coefficient (Wildman–Crippen LogP) is 4.97. The quantitative estimate of drug-likeness (QED) is 0.273. The standard InChI is InChI=1S/C30H33FN2O6S/c1-37-24-10-8-22(9-11-24)28-21-39-29-20-25(12-13-27(29)30(28)34)38-19-5-16-32-17-14-23(15-18-32)33(31)40(35,36)26-6-3-2-4-7-26/h2-4,6-13,20-21,23,30,34H,5,14-19H2,1H3. The van der Waals surface area contributed by atoms with Crippen LogP contribution >= 0.6 is 0 Å². The number of piperidine rings is 1. The zero-order valence-electron chi connectivity index (χ0n) is 22.3. The van der Waals surface area contributed by atoms with Crippen LogP contribution in [0.2, 0.25) is 0 Å². The molecule has 10 heteroatoms. The topological polar surface area (TPSA) is 88.5 Å². The number of aliphatic hydroxyl groups excluding tert-OH is 1. The lowest BCUT2D eigenvalue weighted by molar-refractivity contribution is 0.0415. The molecule has 8 nitrogen and oxygen atoms in total. The number of halogens is 1. The molecule has 0 amide bonds. The summed E-state index contributed by atoms with van der Waals surface area (Å²) in [7, 11) is -2.54. The Hall–Kier alpha value is -3.44. The fraction of sp³-hybridized carbons (Fsp3) is 0.333. The number of rotatable bonds is 10. The molecule has 3 aromatic carbocycles. The summed E-state index contributed by atoms with van der Waals surface area (Å²) in [5.74, 6) is 1.93. The van der Waals surface area contributed by atoms with E-state index in [1.165, 1.54) is 12.1 Å². The maximum absolute atomic E-state index is 14.8. The van der Waals surface area contributed by atoms with Gasteiger partial charge in [0.1, 0.15) is 23.4 Å². The van der Waals surface area contributed by atoms with Crippen molar-refractivity contribution in [3.63, 3.8) is 0 Å². The largest absolute Gasteiger partial charge is 0.497 e. The molecule has 0 bridgehead atoms. The van der Waals surface area contributed by atoms with Gasteiger partial charge in [0.2, 0.25) is 0 Å². The molecule has 1 N–H and O–H groups in total. The number of hydrogen-bond acceptors (Lipinski definition) is 7. The van der Waals surface area contributed by atoms with E-state index in [9.17, 15) is 18.0 Å². The van der Waals surface area contributed by atoms with E-state index in [2.05, 4.69) is 4.90 Å². The van der Waals surface area contributed by atoms with E-state index in [-0.39, 0.29) is 9.42 Å². The molecule has 0 spiro atoms.